The summed E-state index contributed by atoms with van der Waals surface area (Å²) in [5.41, 5.74) is 3.65. The van der Waals surface area contributed by atoms with Crippen LogP contribution in [0.15, 0.2) is 0 Å². The molecule has 6 nitrogen and oxygen atoms in total. The number of likely N-dealkylation sites (tertiary alicyclic amines) is 1. The molecule has 1 aliphatic heterocycles. The van der Waals surface area contributed by atoms with Crippen LogP contribution in [-0.4, -0.2) is 53.3 Å². The molecule has 6 heteroatoms. The molecule has 1 aliphatic rings. The highest BCUT2D eigenvalue weighted by Crippen LogP contribution is 2.14. The van der Waals surface area contributed by atoms with Crippen molar-refractivity contribution in [1.29, 1.82) is 0 Å². The molecule has 0 atom stereocenters. The standard InChI is InChI=1S/C15H27N5O/c1-11-14(12(2)19(4)18-11)9-17-13-5-7-20(8-6-13)10-15(21)16-3/h13,17H,5-10H2,1-4H3,(H,16,21). The molecule has 0 spiro atoms. The van der Waals surface area contributed by atoms with Crippen LogP contribution in [0.4, 0.5) is 0 Å². The molecule has 21 heavy (non-hydrogen) atoms. The van der Waals surface area contributed by atoms with Crippen molar-refractivity contribution in [2.24, 2.45) is 7.05 Å². The van der Waals surface area contributed by atoms with Crippen molar-refractivity contribution >= 4 is 5.91 Å². The molecular formula is C15H27N5O. The number of carbonyl (C=O) groups is 1. The Kier molecular flexibility index (Phi) is 5.36. The zero-order valence-electron chi connectivity index (χ0n) is 13.6. The monoisotopic (exact) mass is 293 g/mol. The van der Waals surface area contributed by atoms with Gasteiger partial charge in [-0.3, -0.25) is 14.4 Å². The van der Waals surface area contributed by atoms with Crippen molar-refractivity contribution in [2.45, 2.75) is 39.3 Å². The number of hydrogen-bond acceptors (Lipinski definition) is 4. The number of rotatable bonds is 5. The molecule has 1 aromatic rings. The minimum absolute atomic E-state index is 0.100. The zero-order valence-corrected chi connectivity index (χ0v) is 13.6. The Morgan fingerprint density at radius 1 is 1.33 bits per heavy atom. The van der Waals surface area contributed by atoms with Gasteiger partial charge >= 0.3 is 0 Å². The third-order valence-electron chi connectivity index (χ3n) is 4.46. The summed E-state index contributed by atoms with van der Waals surface area (Å²) in [4.78, 5) is 13.6. The molecule has 1 saturated heterocycles. The van der Waals surface area contributed by atoms with Crippen molar-refractivity contribution in [1.82, 2.24) is 25.3 Å². The van der Waals surface area contributed by atoms with E-state index in [4.69, 9.17) is 0 Å². The quantitative estimate of drug-likeness (QED) is 0.822. The fourth-order valence-electron chi connectivity index (χ4n) is 2.90. The first-order valence-electron chi connectivity index (χ1n) is 7.66. The molecule has 1 aromatic heterocycles. The number of piperidine rings is 1. The van der Waals surface area contributed by atoms with Crippen molar-refractivity contribution in [3.05, 3.63) is 17.0 Å². The molecule has 1 fully saturated rings. The van der Waals surface area contributed by atoms with Crippen LogP contribution < -0.4 is 10.6 Å². The summed E-state index contributed by atoms with van der Waals surface area (Å²) in [7, 11) is 3.68. The third-order valence-corrected chi connectivity index (χ3v) is 4.46. The molecule has 0 aromatic carbocycles. The summed E-state index contributed by atoms with van der Waals surface area (Å²) >= 11 is 0. The Balaban J connectivity index is 1.77. The summed E-state index contributed by atoms with van der Waals surface area (Å²) < 4.78 is 1.94. The van der Waals surface area contributed by atoms with Crippen LogP contribution in [-0.2, 0) is 18.4 Å². The van der Waals surface area contributed by atoms with Gasteiger partial charge in [-0.25, -0.2) is 0 Å². The van der Waals surface area contributed by atoms with Gasteiger partial charge in [-0.2, -0.15) is 5.10 Å². The Bertz CT molecular complexity index is 488. The summed E-state index contributed by atoms with van der Waals surface area (Å²) in [6.45, 7) is 7.54. The highest BCUT2D eigenvalue weighted by molar-refractivity contribution is 5.77. The average molecular weight is 293 g/mol. The fourth-order valence-corrected chi connectivity index (χ4v) is 2.90. The first-order chi connectivity index (χ1) is 10.0. The van der Waals surface area contributed by atoms with Crippen LogP contribution >= 0.6 is 0 Å². The minimum atomic E-state index is 0.100. The maximum absolute atomic E-state index is 11.4. The summed E-state index contributed by atoms with van der Waals surface area (Å²) in [6.07, 6.45) is 2.19. The highest BCUT2D eigenvalue weighted by atomic mass is 16.1. The first kappa shape index (κ1) is 16.0. The minimum Gasteiger partial charge on any atom is -0.358 e. The van der Waals surface area contributed by atoms with Crippen molar-refractivity contribution < 1.29 is 4.79 Å². The van der Waals surface area contributed by atoms with E-state index in [1.165, 1.54) is 11.3 Å². The number of aryl methyl sites for hydroxylation is 2. The van der Waals surface area contributed by atoms with E-state index in [9.17, 15) is 4.79 Å². The molecule has 0 aliphatic carbocycles. The van der Waals surface area contributed by atoms with Crippen molar-refractivity contribution in [3.63, 3.8) is 0 Å². The second-order valence-corrected chi connectivity index (χ2v) is 5.88. The Labute approximate surface area is 126 Å². The zero-order chi connectivity index (χ0) is 15.4. The Hall–Kier alpha value is -1.40. The van der Waals surface area contributed by atoms with Crippen molar-refractivity contribution in [3.8, 4) is 0 Å². The van der Waals surface area contributed by atoms with Gasteiger partial charge in [-0.05, 0) is 26.7 Å². The van der Waals surface area contributed by atoms with Gasteiger partial charge in [-0.1, -0.05) is 0 Å². The normalized spacial score (nSPS) is 17.1. The number of hydrogen-bond donors (Lipinski definition) is 2. The lowest BCUT2D eigenvalue weighted by Gasteiger charge is -2.31. The van der Waals surface area contributed by atoms with Gasteiger partial charge in [0.15, 0.2) is 0 Å². The maximum Gasteiger partial charge on any atom is 0.233 e. The summed E-state index contributed by atoms with van der Waals surface area (Å²) in [6, 6.07) is 0.532. The second kappa shape index (κ2) is 7.04. The molecule has 0 bridgehead atoms. The lowest BCUT2D eigenvalue weighted by Crippen LogP contribution is -2.45. The van der Waals surface area contributed by atoms with Gasteiger partial charge in [0.25, 0.3) is 0 Å². The Morgan fingerprint density at radius 2 is 2.00 bits per heavy atom. The van der Waals surface area contributed by atoms with E-state index >= 15 is 0 Å². The number of aromatic nitrogens is 2. The van der Waals surface area contributed by atoms with Crippen LogP contribution in [0, 0.1) is 13.8 Å². The topological polar surface area (TPSA) is 62.2 Å². The molecule has 2 heterocycles. The van der Waals surface area contributed by atoms with Crippen LogP contribution in [0.3, 0.4) is 0 Å². The van der Waals surface area contributed by atoms with Gasteiger partial charge in [-0.15, -0.1) is 0 Å². The van der Waals surface area contributed by atoms with Gasteiger partial charge in [0.1, 0.15) is 0 Å². The molecule has 118 valence electrons. The predicted octanol–water partition coefficient (Wildman–Crippen LogP) is 0.337. The number of amides is 1. The SMILES string of the molecule is CNC(=O)CN1CCC(NCc2c(C)nn(C)c2C)CC1. The van der Waals surface area contributed by atoms with Crippen LogP contribution in [0.2, 0.25) is 0 Å². The van der Waals surface area contributed by atoms with E-state index < -0.39 is 0 Å². The lowest BCUT2D eigenvalue weighted by molar-refractivity contribution is -0.122. The molecule has 0 saturated carbocycles. The predicted molar refractivity (Wildman–Crippen MR) is 83.1 cm³/mol. The lowest BCUT2D eigenvalue weighted by atomic mass is 10.0. The molecule has 1 amide bonds. The number of carbonyl (C=O) groups excluding carboxylic acids is 1. The van der Waals surface area contributed by atoms with Crippen molar-refractivity contribution in [2.75, 3.05) is 26.7 Å². The van der Waals surface area contributed by atoms with Gasteiger partial charge in [0.2, 0.25) is 5.91 Å². The summed E-state index contributed by atoms with van der Waals surface area (Å²) in [5, 5.41) is 10.8. The molecular weight excluding hydrogens is 266 g/mol. The number of nitrogens with one attached hydrogen (secondary N) is 2. The van der Waals surface area contributed by atoms with Gasteiger partial charge in [0, 0.05) is 51.0 Å². The highest BCUT2D eigenvalue weighted by Gasteiger charge is 2.20. The number of likely N-dealkylation sites (N-methyl/N-ethyl adjacent to an activating group) is 1. The number of nitrogens with zero attached hydrogens (tertiary/aromatic N) is 3. The second-order valence-electron chi connectivity index (χ2n) is 5.88. The third kappa shape index (κ3) is 4.04. The van der Waals surface area contributed by atoms with E-state index in [2.05, 4.69) is 34.5 Å². The average Bonchev–Trinajstić information content (AvgIpc) is 2.71. The maximum atomic E-state index is 11.4. The molecule has 2 rings (SSSR count). The summed E-state index contributed by atoms with van der Waals surface area (Å²) in [5.74, 6) is 0.100. The van der Waals surface area contributed by atoms with E-state index in [0.29, 0.717) is 12.6 Å². The smallest absolute Gasteiger partial charge is 0.233 e. The van der Waals surface area contributed by atoms with Gasteiger partial charge in [0.05, 0.1) is 12.2 Å². The van der Waals surface area contributed by atoms with E-state index in [1.807, 2.05) is 11.7 Å². The fraction of sp³-hybridized carbons (Fsp3) is 0.733. The van der Waals surface area contributed by atoms with E-state index in [1.54, 1.807) is 7.05 Å². The molecule has 2 N–H and O–H groups in total. The molecule has 0 radical (unpaired) electrons. The van der Waals surface area contributed by atoms with E-state index in [-0.39, 0.29) is 5.91 Å². The first-order valence-corrected chi connectivity index (χ1v) is 7.66. The van der Waals surface area contributed by atoms with E-state index in [0.717, 1.165) is 38.2 Å². The largest absolute Gasteiger partial charge is 0.358 e. The van der Waals surface area contributed by atoms with Crippen LogP contribution in [0.25, 0.3) is 0 Å². The van der Waals surface area contributed by atoms with Crippen LogP contribution in [0.5, 0.6) is 0 Å². The van der Waals surface area contributed by atoms with Crippen LogP contribution in [0.1, 0.15) is 29.8 Å². The molecule has 0 unspecified atom stereocenters. The van der Waals surface area contributed by atoms with Gasteiger partial charge < -0.3 is 10.6 Å². The Morgan fingerprint density at radius 3 is 2.52 bits per heavy atom.